The Morgan fingerprint density at radius 3 is 2.69 bits per heavy atom. The van der Waals surface area contributed by atoms with Crippen molar-refractivity contribution < 1.29 is 4.79 Å². The Morgan fingerprint density at radius 1 is 1.11 bits per heavy atom. The summed E-state index contributed by atoms with van der Waals surface area (Å²) in [5.74, 6) is 0.333. The lowest BCUT2D eigenvalue weighted by Gasteiger charge is -2.39. The van der Waals surface area contributed by atoms with Crippen molar-refractivity contribution in [3.63, 3.8) is 0 Å². The minimum atomic E-state index is 0.00316. The summed E-state index contributed by atoms with van der Waals surface area (Å²) in [5, 5.41) is 0. The molecule has 0 N–H and O–H groups in total. The third-order valence-electron chi connectivity index (χ3n) is 8.71. The second-order valence-electron chi connectivity index (χ2n) is 11.0. The summed E-state index contributed by atoms with van der Waals surface area (Å²) in [4.78, 5) is 20.7. The largest absolute Gasteiger partial charge is 0.342 e. The molecule has 0 saturated carbocycles. The Hall–Kier alpha value is -2.17. The van der Waals surface area contributed by atoms with E-state index in [-0.39, 0.29) is 12.0 Å². The first-order valence-corrected chi connectivity index (χ1v) is 14.0. The van der Waals surface area contributed by atoms with Crippen molar-refractivity contribution in [3.8, 4) is 0 Å². The molecule has 4 heteroatoms. The molecular formula is C31H43N3O. The molecule has 0 radical (unpaired) electrons. The maximum atomic E-state index is 13.2. The topological polar surface area (TPSA) is 26.8 Å². The van der Waals surface area contributed by atoms with E-state index in [1.165, 1.54) is 42.4 Å². The zero-order valence-corrected chi connectivity index (χ0v) is 21.6. The molecule has 0 spiro atoms. The van der Waals surface area contributed by atoms with Gasteiger partial charge in [0.2, 0.25) is 5.91 Å². The lowest BCUT2D eigenvalue weighted by atomic mass is 9.87. The number of nitrogens with zero attached hydrogens (tertiary/aromatic N) is 3. The molecule has 4 nitrogen and oxygen atoms in total. The van der Waals surface area contributed by atoms with Gasteiger partial charge in [-0.25, -0.2) is 0 Å². The minimum Gasteiger partial charge on any atom is -0.342 e. The van der Waals surface area contributed by atoms with Gasteiger partial charge in [0.15, 0.2) is 0 Å². The van der Waals surface area contributed by atoms with Crippen LogP contribution >= 0.6 is 0 Å². The molecule has 3 fully saturated rings. The van der Waals surface area contributed by atoms with Crippen LogP contribution in [-0.2, 0) is 11.2 Å². The van der Waals surface area contributed by atoms with Crippen LogP contribution in [0.15, 0.2) is 60.7 Å². The normalized spacial score (nSPS) is 28.4. The van der Waals surface area contributed by atoms with E-state index >= 15 is 0 Å². The highest BCUT2D eigenvalue weighted by atomic mass is 16.2. The fourth-order valence-corrected chi connectivity index (χ4v) is 6.84. The highest BCUT2D eigenvalue weighted by Gasteiger charge is 2.42. The van der Waals surface area contributed by atoms with Crippen LogP contribution in [0.2, 0.25) is 0 Å². The summed E-state index contributed by atoms with van der Waals surface area (Å²) in [7, 11) is 0. The van der Waals surface area contributed by atoms with Crippen molar-refractivity contribution in [2.24, 2.45) is 5.92 Å². The Kier molecular flexibility index (Phi) is 7.89. The van der Waals surface area contributed by atoms with Crippen LogP contribution < -0.4 is 0 Å². The molecule has 4 unspecified atom stereocenters. The van der Waals surface area contributed by atoms with Crippen LogP contribution in [0.4, 0.5) is 0 Å². The highest BCUT2D eigenvalue weighted by Crippen LogP contribution is 2.43. The molecule has 35 heavy (non-hydrogen) atoms. The van der Waals surface area contributed by atoms with E-state index < -0.39 is 0 Å². The third-order valence-corrected chi connectivity index (χ3v) is 8.71. The number of rotatable bonds is 7. The second-order valence-corrected chi connectivity index (χ2v) is 11.0. The Balaban J connectivity index is 1.42. The van der Waals surface area contributed by atoms with Gasteiger partial charge in [0, 0.05) is 44.8 Å². The van der Waals surface area contributed by atoms with Crippen LogP contribution in [0.3, 0.4) is 0 Å². The predicted molar refractivity (Wildman–Crippen MR) is 144 cm³/mol. The smallest absolute Gasteiger partial charge is 0.229 e. The van der Waals surface area contributed by atoms with Gasteiger partial charge < -0.3 is 4.90 Å². The average molecular weight is 474 g/mol. The van der Waals surface area contributed by atoms with Crippen LogP contribution in [0, 0.1) is 5.92 Å². The van der Waals surface area contributed by atoms with E-state index in [4.69, 9.17) is 0 Å². The van der Waals surface area contributed by atoms with Gasteiger partial charge in [0.1, 0.15) is 0 Å². The second kappa shape index (κ2) is 11.3. The number of carbonyl (C=O) groups excluding carboxylic acids is 1. The van der Waals surface area contributed by atoms with Gasteiger partial charge in [-0.05, 0) is 68.1 Å². The Morgan fingerprint density at radius 2 is 1.94 bits per heavy atom. The quantitative estimate of drug-likeness (QED) is 0.487. The van der Waals surface area contributed by atoms with E-state index in [1.807, 2.05) is 0 Å². The molecule has 1 amide bonds. The summed E-state index contributed by atoms with van der Waals surface area (Å²) in [5.41, 5.74) is 4.20. The first-order chi connectivity index (χ1) is 17.2. The number of benzene rings is 1. The zero-order valence-electron chi connectivity index (χ0n) is 21.6. The van der Waals surface area contributed by atoms with Crippen LogP contribution in [0.1, 0.15) is 69.0 Å². The molecule has 0 aromatic heterocycles. The molecule has 3 saturated heterocycles. The summed E-state index contributed by atoms with van der Waals surface area (Å²) in [6, 6.07) is 10.7. The highest BCUT2D eigenvalue weighted by molar-refractivity contribution is 5.81. The predicted octanol–water partition coefficient (Wildman–Crippen LogP) is 5.53. The summed E-state index contributed by atoms with van der Waals surface area (Å²) in [6.07, 6.45) is 18.2. The number of aryl methyl sites for hydroxylation is 1. The SMILES string of the molecule is C=CCN1CCC2CCC(C1)N2C(C1=CCC(C(=O)N2CCCCC2)C=C1)c1cccc(CC)c1. The summed E-state index contributed by atoms with van der Waals surface area (Å²) in [6.45, 7) is 11.4. The number of hydrogen-bond acceptors (Lipinski definition) is 3. The van der Waals surface area contributed by atoms with E-state index in [0.717, 1.165) is 58.4 Å². The molecule has 1 aliphatic carbocycles. The molecule has 5 rings (SSSR count). The number of hydrogen-bond donors (Lipinski definition) is 0. The fourth-order valence-electron chi connectivity index (χ4n) is 6.84. The minimum absolute atomic E-state index is 0.00316. The molecule has 3 aliphatic heterocycles. The van der Waals surface area contributed by atoms with Crippen molar-refractivity contribution in [2.45, 2.75) is 76.4 Å². The number of amides is 1. The Bertz CT molecular complexity index is 960. The van der Waals surface area contributed by atoms with Crippen LogP contribution in [0.25, 0.3) is 0 Å². The molecule has 1 aromatic carbocycles. The van der Waals surface area contributed by atoms with Gasteiger partial charge in [-0.1, -0.05) is 55.5 Å². The van der Waals surface area contributed by atoms with Crippen molar-refractivity contribution in [3.05, 3.63) is 71.8 Å². The standard InChI is InChI=1S/C31H43N3O/c1-3-18-32-21-17-28-15-16-29(23-32)34(28)30(27-10-8-9-24(4-2)22-27)25-11-13-26(14-12-25)31(35)33-19-6-5-7-20-33/h3,8-13,22,26,28-30H,1,4-7,14-21,23H2,2H3. The first-order valence-electron chi connectivity index (χ1n) is 14.0. The number of likely N-dealkylation sites (tertiary alicyclic amines) is 2. The van der Waals surface area contributed by atoms with Gasteiger partial charge in [0.25, 0.3) is 0 Å². The lowest BCUT2D eigenvalue weighted by molar-refractivity contribution is -0.134. The Labute approximate surface area is 212 Å². The number of allylic oxidation sites excluding steroid dienone is 1. The molecular weight excluding hydrogens is 430 g/mol. The third kappa shape index (κ3) is 5.34. The van der Waals surface area contributed by atoms with Crippen molar-refractivity contribution in [2.75, 3.05) is 32.7 Å². The van der Waals surface area contributed by atoms with Crippen molar-refractivity contribution in [1.82, 2.24) is 14.7 Å². The maximum Gasteiger partial charge on any atom is 0.229 e. The van der Waals surface area contributed by atoms with E-state index in [9.17, 15) is 4.79 Å². The number of piperidine rings is 1. The van der Waals surface area contributed by atoms with Gasteiger partial charge >= 0.3 is 0 Å². The fraction of sp³-hybridized carbons (Fsp3) is 0.581. The molecule has 3 heterocycles. The molecule has 4 aliphatic rings. The molecule has 188 valence electrons. The van der Waals surface area contributed by atoms with E-state index in [1.54, 1.807) is 0 Å². The first kappa shape index (κ1) is 24.5. The van der Waals surface area contributed by atoms with Crippen LogP contribution in [-0.4, -0.2) is 65.4 Å². The van der Waals surface area contributed by atoms with E-state index in [0.29, 0.717) is 18.0 Å². The lowest BCUT2D eigenvalue weighted by Crippen LogP contribution is -2.42. The van der Waals surface area contributed by atoms with Gasteiger partial charge in [0.05, 0.1) is 12.0 Å². The summed E-state index contributed by atoms with van der Waals surface area (Å²) >= 11 is 0. The van der Waals surface area contributed by atoms with Gasteiger partial charge in [-0.3, -0.25) is 14.6 Å². The summed E-state index contributed by atoms with van der Waals surface area (Å²) < 4.78 is 0. The number of fused-ring (bicyclic) bond motifs is 2. The average Bonchev–Trinajstić information content (AvgIpc) is 3.20. The maximum absolute atomic E-state index is 13.2. The molecule has 2 bridgehead atoms. The van der Waals surface area contributed by atoms with Gasteiger partial charge in [-0.2, -0.15) is 0 Å². The zero-order chi connectivity index (χ0) is 24.2. The monoisotopic (exact) mass is 473 g/mol. The molecule has 4 atom stereocenters. The van der Waals surface area contributed by atoms with Crippen LogP contribution in [0.5, 0.6) is 0 Å². The van der Waals surface area contributed by atoms with Crippen molar-refractivity contribution >= 4 is 5.91 Å². The van der Waals surface area contributed by atoms with Crippen molar-refractivity contribution in [1.29, 1.82) is 0 Å². The van der Waals surface area contributed by atoms with E-state index in [2.05, 4.69) is 76.8 Å². The van der Waals surface area contributed by atoms with Gasteiger partial charge in [-0.15, -0.1) is 6.58 Å². The molecule has 1 aromatic rings. The number of carbonyl (C=O) groups is 1.